The number of phenols is 2. The molecular formula is C42H66F4N4O3. The fourth-order valence-electron chi connectivity index (χ4n) is 7.65. The van der Waals surface area contributed by atoms with Gasteiger partial charge in [-0.2, -0.15) is 0 Å². The van der Waals surface area contributed by atoms with E-state index in [0.717, 1.165) is 90.6 Å². The van der Waals surface area contributed by atoms with Crippen LogP contribution < -0.4 is 10.6 Å². The predicted octanol–water partition coefficient (Wildman–Crippen LogP) is 8.94. The number of piperidine rings is 2. The Kier molecular flexibility index (Phi) is 20.3. The van der Waals surface area contributed by atoms with Crippen molar-refractivity contribution in [2.24, 2.45) is 0 Å². The summed E-state index contributed by atoms with van der Waals surface area (Å²) in [5, 5.41) is 24.8. The van der Waals surface area contributed by atoms with Crippen molar-refractivity contribution >= 4 is 0 Å². The number of benzene rings is 2. The summed E-state index contributed by atoms with van der Waals surface area (Å²) in [6.07, 6.45) is 22.5. The molecule has 0 atom stereocenters. The maximum atomic E-state index is 13.4. The number of hydrogen-bond acceptors (Lipinski definition) is 7. The van der Waals surface area contributed by atoms with E-state index in [1.54, 1.807) is 0 Å². The van der Waals surface area contributed by atoms with Gasteiger partial charge in [-0.25, -0.2) is 17.6 Å². The molecule has 4 N–H and O–H groups in total. The summed E-state index contributed by atoms with van der Waals surface area (Å²) in [4.78, 5) is 5.24. The van der Waals surface area contributed by atoms with E-state index < -0.39 is 34.8 Å². The van der Waals surface area contributed by atoms with Crippen LogP contribution >= 0.6 is 0 Å². The molecule has 0 radical (unpaired) electrons. The van der Waals surface area contributed by atoms with Gasteiger partial charge < -0.3 is 35.4 Å². The lowest BCUT2D eigenvalue weighted by molar-refractivity contribution is -0.0650. The van der Waals surface area contributed by atoms with E-state index in [0.29, 0.717) is 36.4 Å². The highest BCUT2D eigenvalue weighted by molar-refractivity contribution is 5.30. The third-order valence-electron chi connectivity index (χ3n) is 10.9. The predicted molar refractivity (Wildman–Crippen MR) is 204 cm³/mol. The number of nitrogens with one attached hydrogen (secondary N) is 2. The summed E-state index contributed by atoms with van der Waals surface area (Å²) >= 11 is 0. The van der Waals surface area contributed by atoms with Crippen LogP contribution in [0.3, 0.4) is 0 Å². The minimum absolute atomic E-state index is 0.397. The molecule has 7 nitrogen and oxygen atoms in total. The zero-order valence-corrected chi connectivity index (χ0v) is 32.0. The van der Waals surface area contributed by atoms with E-state index in [4.69, 9.17) is 4.74 Å². The number of hydrogen-bond donors (Lipinski definition) is 4. The summed E-state index contributed by atoms with van der Waals surface area (Å²) in [5.41, 5.74) is 1.01. The first-order valence-corrected chi connectivity index (χ1v) is 20.6. The molecule has 2 aliphatic rings. The minimum atomic E-state index is -0.915. The summed E-state index contributed by atoms with van der Waals surface area (Å²) in [6.45, 7) is 9.44. The molecule has 53 heavy (non-hydrogen) atoms. The largest absolute Gasteiger partial charge is 0.503 e. The fraction of sp³-hybridized carbons (Fsp3) is 0.714. The van der Waals surface area contributed by atoms with E-state index in [-0.39, 0.29) is 0 Å². The van der Waals surface area contributed by atoms with E-state index in [1.165, 1.54) is 102 Å². The molecule has 2 heterocycles. The van der Waals surface area contributed by atoms with Crippen LogP contribution in [0.4, 0.5) is 17.6 Å². The third-order valence-corrected chi connectivity index (χ3v) is 10.9. The molecule has 2 aromatic rings. The number of aromatic hydroxyl groups is 2. The van der Waals surface area contributed by atoms with Crippen LogP contribution in [0, 0.1) is 23.3 Å². The molecule has 0 aromatic heterocycles. The van der Waals surface area contributed by atoms with Crippen LogP contribution in [0.5, 0.6) is 11.5 Å². The Morgan fingerprint density at radius 2 is 0.792 bits per heavy atom. The van der Waals surface area contributed by atoms with Crippen molar-refractivity contribution in [3.05, 3.63) is 58.7 Å². The van der Waals surface area contributed by atoms with Crippen molar-refractivity contribution < 1.29 is 32.5 Å². The first-order chi connectivity index (χ1) is 25.8. The molecular weight excluding hydrogens is 684 g/mol. The number of likely N-dealkylation sites (tertiary alicyclic amines) is 2. The molecule has 0 aliphatic carbocycles. The second kappa shape index (κ2) is 24.9. The highest BCUT2D eigenvalue weighted by atomic mass is 19.1. The van der Waals surface area contributed by atoms with Crippen LogP contribution in [-0.2, 0) is 17.8 Å². The molecule has 300 valence electrons. The summed E-state index contributed by atoms with van der Waals surface area (Å²) in [6, 6.07) is 4.70. The third kappa shape index (κ3) is 16.9. The maximum absolute atomic E-state index is 13.4. The highest BCUT2D eigenvalue weighted by Crippen LogP contribution is 2.24. The number of rotatable bonds is 26. The zero-order valence-electron chi connectivity index (χ0n) is 32.0. The van der Waals surface area contributed by atoms with E-state index >= 15 is 0 Å². The lowest BCUT2D eigenvalue weighted by Gasteiger charge is -2.37. The molecule has 0 unspecified atom stereocenters. The number of halogens is 4. The molecule has 11 heteroatoms. The monoisotopic (exact) mass is 751 g/mol. The molecule has 2 aromatic carbocycles. The second-order valence-corrected chi connectivity index (χ2v) is 15.3. The average molecular weight is 751 g/mol. The van der Waals surface area contributed by atoms with Gasteiger partial charge in [0, 0.05) is 39.3 Å². The Labute approximate surface area is 315 Å². The smallest absolute Gasteiger partial charge is 0.187 e. The van der Waals surface area contributed by atoms with Gasteiger partial charge in [0.15, 0.2) is 34.8 Å². The van der Waals surface area contributed by atoms with Crippen LogP contribution in [0.15, 0.2) is 24.3 Å². The Bertz CT molecular complexity index is 1160. The van der Waals surface area contributed by atoms with Crippen molar-refractivity contribution in [1.82, 2.24) is 20.4 Å². The van der Waals surface area contributed by atoms with Crippen LogP contribution in [-0.4, -0.2) is 84.6 Å². The van der Waals surface area contributed by atoms with Crippen molar-refractivity contribution in [1.29, 1.82) is 0 Å². The number of ether oxygens (including phenoxy) is 1. The van der Waals surface area contributed by atoms with Gasteiger partial charge in [0.1, 0.15) is 0 Å². The highest BCUT2D eigenvalue weighted by Gasteiger charge is 2.25. The summed E-state index contributed by atoms with van der Waals surface area (Å²) < 4.78 is 60.3. The molecule has 2 fully saturated rings. The molecule has 2 aliphatic heterocycles. The van der Waals surface area contributed by atoms with Crippen LogP contribution in [0.1, 0.15) is 127 Å². The van der Waals surface area contributed by atoms with Gasteiger partial charge in [-0.05, 0) is 113 Å². The molecule has 0 spiro atoms. The lowest BCUT2D eigenvalue weighted by atomic mass is 10.0. The van der Waals surface area contributed by atoms with Gasteiger partial charge >= 0.3 is 0 Å². The topological polar surface area (TPSA) is 80.2 Å². The Balaban J connectivity index is 0.874. The standard InChI is InChI=1S/C42H66F4N4O3/c43-37-27-33(28-38(44)41(37)51)31-47-19-11-7-3-1-5-9-13-21-49-23-15-35(16-24-49)53-36-17-25-50(26-18-36)22-14-10-6-2-4-8-12-20-48-32-34-29-39(45)42(52)40(46)30-34/h27-30,35-36,47-48,51-52H,1-26,31-32H2. The van der Waals surface area contributed by atoms with Gasteiger partial charge in [0.25, 0.3) is 0 Å². The van der Waals surface area contributed by atoms with Gasteiger partial charge in [0.2, 0.25) is 0 Å². The molecule has 0 bridgehead atoms. The fourth-order valence-corrected chi connectivity index (χ4v) is 7.65. The maximum Gasteiger partial charge on any atom is 0.187 e. The molecule has 2 saturated heterocycles. The Morgan fingerprint density at radius 1 is 0.491 bits per heavy atom. The SMILES string of the molecule is Oc1c(F)cc(CNCCCCCCCCCN2CCC(OC3CCN(CCCCCCCCCNCc4cc(F)c(O)c(F)c4)CC3)CC2)cc1F. The number of unbranched alkanes of at least 4 members (excludes halogenated alkanes) is 12. The number of nitrogens with zero attached hydrogens (tertiary/aromatic N) is 2. The Hall–Kier alpha value is -2.44. The van der Waals surface area contributed by atoms with E-state index in [2.05, 4.69) is 20.4 Å². The quantitative estimate of drug-likeness (QED) is 0.0565. The van der Waals surface area contributed by atoms with E-state index in [9.17, 15) is 27.8 Å². The van der Waals surface area contributed by atoms with Gasteiger partial charge in [-0.1, -0.05) is 64.2 Å². The average Bonchev–Trinajstić information content (AvgIpc) is 3.15. The number of phenolic OH excluding ortho intramolecular Hbond substituents is 2. The molecule has 4 rings (SSSR count). The second-order valence-electron chi connectivity index (χ2n) is 15.3. The zero-order chi connectivity index (χ0) is 37.7. The van der Waals surface area contributed by atoms with Gasteiger partial charge in [-0.3, -0.25) is 0 Å². The molecule has 0 amide bonds. The van der Waals surface area contributed by atoms with Gasteiger partial charge in [0.05, 0.1) is 12.2 Å². The summed E-state index contributed by atoms with van der Waals surface area (Å²) in [7, 11) is 0. The first-order valence-electron chi connectivity index (χ1n) is 20.6. The van der Waals surface area contributed by atoms with Crippen molar-refractivity contribution in [2.75, 3.05) is 52.4 Å². The van der Waals surface area contributed by atoms with Crippen molar-refractivity contribution in [3.8, 4) is 11.5 Å². The first kappa shape index (κ1) is 43.3. The Morgan fingerprint density at radius 3 is 1.13 bits per heavy atom. The normalized spacial score (nSPS) is 16.5. The minimum Gasteiger partial charge on any atom is -0.503 e. The van der Waals surface area contributed by atoms with Crippen LogP contribution in [0.2, 0.25) is 0 Å². The lowest BCUT2D eigenvalue weighted by Crippen LogP contribution is -2.42. The van der Waals surface area contributed by atoms with Crippen molar-refractivity contribution in [2.45, 2.75) is 141 Å². The van der Waals surface area contributed by atoms with Crippen LogP contribution in [0.25, 0.3) is 0 Å². The van der Waals surface area contributed by atoms with Gasteiger partial charge in [-0.15, -0.1) is 0 Å². The van der Waals surface area contributed by atoms with E-state index in [1.807, 2.05) is 0 Å². The van der Waals surface area contributed by atoms with Crippen molar-refractivity contribution in [3.63, 3.8) is 0 Å². The molecule has 0 saturated carbocycles. The summed E-state index contributed by atoms with van der Waals surface area (Å²) in [5.74, 6) is -5.48.